The molecule has 134 heavy (non-hydrogen) atoms. The Balaban J connectivity index is 1.09. The molecule has 0 radical (unpaired) electrons. The van der Waals surface area contributed by atoms with E-state index in [0.717, 1.165) is 31.2 Å². The highest BCUT2D eigenvalue weighted by molar-refractivity contribution is 8.00. The molecule has 6 heterocycles. The van der Waals surface area contributed by atoms with Crippen LogP contribution in [0.5, 0.6) is 5.75 Å². The third kappa shape index (κ3) is 29.6. The van der Waals surface area contributed by atoms with Crippen molar-refractivity contribution >= 4 is 151 Å². The molecule has 0 spiro atoms. The van der Waals surface area contributed by atoms with Crippen molar-refractivity contribution in [3.8, 4) is 5.75 Å². The van der Waals surface area contributed by atoms with Gasteiger partial charge in [-0.05, 0) is 122 Å². The standard InChI is InChI=1S/C90H124N22O20S2/c1-8-10-21-60-85(127)110(7)68(24-11-9-2)82(124)101-59(23-16-32-96-90(93)94)78(120)108-67(77(119)98-43-74(92)116)46-133-47-75(117)100-64(36-51-28-30-55(114)31-29-51)86(128)109(6)50(5)76(118)105-65(40-73(91)115)88(130)111-33-17-25-69(111)83(125)104-62(39-54-42-95-48-99-54)80(122)106-63(35-49(3)4)87(129)112-34-18-26-70(112)89(131)132-71(38-52-41-97-58-22-14-12-19-56(52)58)84(126)107-66(44-113)81(123)103-61(79(121)102-60)37-53-45-134-72-27-15-13-20-57(53)72/h12-15,19-20,22,27-31,41-42,45,48-50,59-71,97,113-114H,8-11,16-18,21,23-26,32-40,43-44,46-47H2,1-7H3,(H2,91,115)(H2,92,116)(H,95,99)(H,98,119)(H,100,117)(H,101,124)(H,102,121)(H,103,123)(H,104,125)(H,105,118)(H,106,122)(H,107,126)(H,108,120)(H4,93,94,96)/t50-,59-,60+,61-,62-,63-,64-,65-,66-,67?,68-,69-,70-,71-/m0/s1. The van der Waals surface area contributed by atoms with Crippen molar-refractivity contribution in [2.75, 3.05) is 58.4 Å². The molecule has 3 aromatic heterocycles. The van der Waals surface area contributed by atoms with Crippen molar-refractivity contribution < 1.29 is 96.5 Å². The number of esters is 1. The molecule has 14 atom stereocenters. The van der Waals surface area contributed by atoms with Gasteiger partial charge in [-0.25, -0.2) is 9.78 Å². The van der Waals surface area contributed by atoms with Gasteiger partial charge in [0.2, 0.25) is 88.6 Å². The first-order chi connectivity index (χ1) is 64.0. The smallest absolute Gasteiger partial charge is 0.329 e. The third-order valence-corrected chi connectivity index (χ3v) is 25.6. The number of aliphatic hydroxyl groups is 1. The summed E-state index contributed by atoms with van der Waals surface area (Å²) in [5.74, 6) is -17.9. The highest BCUT2D eigenvalue weighted by Crippen LogP contribution is 2.30. The number of amides is 16. The molecular formula is C90H124N22O20S2. The Kier molecular flexibility index (Phi) is 39.4. The molecule has 3 saturated heterocycles. The maximum Gasteiger partial charge on any atom is 0.329 e. The van der Waals surface area contributed by atoms with Gasteiger partial charge in [-0.2, -0.15) is 0 Å². The number of para-hydroxylation sites is 1. The number of hydrogen-bond donors (Lipinski definition) is 19. The van der Waals surface area contributed by atoms with Crippen LogP contribution in [0.15, 0.2) is 96.9 Å². The summed E-state index contributed by atoms with van der Waals surface area (Å²) in [6.45, 7) is 6.54. The molecular weight excluding hydrogens is 1770 g/mol. The summed E-state index contributed by atoms with van der Waals surface area (Å²) in [4.78, 5) is 264. The van der Waals surface area contributed by atoms with E-state index in [0.29, 0.717) is 64.4 Å². The molecule has 44 heteroatoms. The minimum atomic E-state index is -1.88. The lowest BCUT2D eigenvalue weighted by Gasteiger charge is -2.33. The number of cyclic esters (lactones) is 1. The number of nitrogens with zero attached hydrogens (tertiary/aromatic N) is 5. The average molecular weight is 1900 g/mol. The number of ether oxygens (including phenoxy) is 1. The van der Waals surface area contributed by atoms with Crippen molar-refractivity contribution in [3.05, 3.63) is 119 Å². The van der Waals surface area contributed by atoms with Gasteiger partial charge in [0.05, 0.1) is 31.7 Å². The average Bonchev–Trinajstić information content (AvgIpc) is 1.62. The lowest BCUT2D eigenvalue weighted by molar-refractivity contribution is -0.163. The number of likely N-dealkylation sites (N-methyl/N-ethyl adjacent to an activating group) is 2. The number of fused-ring (bicyclic) bond motifs is 4. The molecule has 3 aliphatic heterocycles. The fourth-order valence-electron chi connectivity index (χ4n) is 16.2. The normalized spacial score (nSPS) is 24.2. The number of carbonyl (C=O) groups excluding carboxylic acids is 17. The fraction of sp³-hybridized carbons (Fsp3) is 0.522. The predicted molar refractivity (Wildman–Crippen MR) is 495 cm³/mol. The third-order valence-electron chi connectivity index (χ3n) is 23.6. The zero-order chi connectivity index (χ0) is 97.6. The molecule has 1 unspecified atom stereocenters. The lowest BCUT2D eigenvalue weighted by atomic mass is 10.0. The first-order valence-electron chi connectivity index (χ1n) is 44.9. The second kappa shape index (κ2) is 50.6. The minimum absolute atomic E-state index is 0.00100. The van der Waals surface area contributed by atoms with Gasteiger partial charge in [-0.3, -0.25) is 82.1 Å². The number of imidazole rings is 1. The summed E-state index contributed by atoms with van der Waals surface area (Å²) in [6, 6.07) is -0.00698. The molecule has 6 aromatic rings. The summed E-state index contributed by atoms with van der Waals surface area (Å²) in [5.41, 5.74) is 19.2. The minimum Gasteiger partial charge on any atom is -0.508 e. The Labute approximate surface area is 782 Å². The number of benzene rings is 3. The van der Waals surface area contributed by atoms with Gasteiger partial charge in [0.1, 0.15) is 84.3 Å². The van der Waals surface area contributed by atoms with E-state index in [9.17, 15) is 53.4 Å². The van der Waals surface area contributed by atoms with Crippen LogP contribution in [-0.4, -0.2) is 294 Å². The number of unbranched alkanes of at least 4 members (excludes halogenated alkanes) is 2. The topological polar surface area (TPSA) is 632 Å². The number of H-pyrrole nitrogens is 2. The molecule has 0 bridgehead atoms. The monoisotopic (exact) mass is 1900 g/mol. The first-order valence-corrected chi connectivity index (χ1v) is 46.9. The second-order valence-corrected chi connectivity index (χ2v) is 36.1. The van der Waals surface area contributed by atoms with Gasteiger partial charge >= 0.3 is 5.97 Å². The number of thiophene rings is 1. The number of aromatic nitrogens is 3. The van der Waals surface area contributed by atoms with Crippen molar-refractivity contribution in [1.82, 2.24) is 93.0 Å². The molecule has 42 nitrogen and oxygen atoms in total. The van der Waals surface area contributed by atoms with Crippen LogP contribution in [-0.2, 0) is 112 Å². The predicted octanol–water partition coefficient (Wildman–Crippen LogP) is -1.08. The van der Waals surface area contributed by atoms with Crippen LogP contribution in [0.3, 0.4) is 0 Å². The number of carbonyl (C=O) groups is 17. The number of aromatic amines is 2. The van der Waals surface area contributed by atoms with Gasteiger partial charge in [0.15, 0.2) is 12.1 Å². The maximum atomic E-state index is 15.4. The Morgan fingerprint density at radius 2 is 1.17 bits per heavy atom. The summed E-state index contributed by atoms with van der Waals surface area (Å²) >= 11 is 2.11. The Morgan fingerprint density at radius 3 is 1.84 bits per heavy atom. The number of nitrogens with two attached hydrogens (primary N) is 3. The highest BCUT2D eigenvalue weighted by atomic mass is 32.2. The molecule has 22 N–H and O–H groups in total. The van der Waals surface area contributed by atoms with E-state index >= 15 is 38.4 Å². The van der Waals surface area contributed by atoms with Crippen molar-refractivity contribution in [1.29, 1.82) is 5.41 Å². The first kappa shape index (κ1) is 104. The van der Waals surface area contributed by atoms with Crippen LogP contribution in [0.4, 0.5) is 0 Å². The number of hydrogen-bond acceptors (Lipinski definition) is 24. The SMILES string of the molecule is CCCC[C@H]1NC(=O)[C@H](Cc2csc3ccccc23)NC(=O)[C@H](CO)NC(=O)[C@H](Cc2c[nH]c3ccccc23)OC(=O)[C@@H]2CCCN2C(=O)[C@H](CC(C)C)NC(=O)[C@H](Cc2cnc[nH]2)NC(=O)[C@@H]2CCCN2C(=O)[C@H](CC(N)=O)NC(=O)[C@H](C)N(C)C(=O)[C@H](Cc2ccc(O)cc2)NC(=O)CSCC(C(=O)NCC(N)=O)NC(=O)[C@H](CCCNC(=N)N)NC(=O)[C@H](CCCC)N(C)C1=O. The molecule has 0 saturated carbocycles. The van der Waals surface area contributed by atoms with E-state index in [1.54, 1.807) is 55.8 Å². The summed E-state index contributed by atoms with van der Waals surface area (Å²) in [6.07, 6.45) is 2.42. The number of phenols is 1. The van der Waals surface area contributed by atoms with Crippen molar-refractivity contribution in [2.45, 2.75) is 235 Å². The molecule has 3 aromatic carbocycles. The number of primary amides is 2. The summed E-state index contributed by atoms with van der Waals surface area (Å²) in [5, 5.41) is 61.5. The fourth-order valence-corrected chi connectivity index (χ4v) is 18.1. The number of phenolic OH excluding ortho intramolecular Hbond substituents is 1. The van der Waals surface area contributed by atoms with E-state index in [1.807, 2.05) is 32.0 Å². The van der Waals surface area contributed by atoms with Crippen LogP contribution in [0, 0.1) is 11.3 Å². The summed E-state index contributed by atoms with van der Waals surface area (Å²) < 4.78 is 7.01. The largest absolute Gasteiger partial charge is 0.508 e. The summed E-state index contributed by atoms with van der Waals surface area (Å²) in [7, 11) is 2.56. The number of aromatic hydroxyl groups is 1. The van der Waals surface area contributed by atoms with Crippen LogP contribution in [0.1, 0.15) is 147 Å². The zero-order valence-electron chi connectivity index (χ0n) is 76.1. The quantitative estimate of drug-likeness (QED) is 0.0133. The van der Waals surface area contributed by atoms with Gasteiger partial charge in [0.25, 0.3) is 5.91 Å². The number of guanidine groups is 1. The number of aliphatic hydroxyl groups excluding tert-OH is 1. The van der Waals surface area contributed by atoms with Gasteiger partial charge in [-0.15, -0.1) is 23.1 Å². The molecule has 3 fully saturated rings. The van der Waals surface area contributed by atoms with E-state index < -0.39 is 222 Å². The lowest BCUT2D eigenvalue weighted by Crippen LogP contribution is -2.61. The van der Waals surface area contributed by atoms with E-state index in [1.165, 1.54) is 74.0 Å². The molecule has 726 valence electrons. The molecule has 3 aliphatic rings. The van der Waals surface area contributed by atoms with Crippen molar-refractivity contribution in [2.24, 2.45) is 23.1 Å². The van der Waals surface area contributed by atoms with Crippen LogP contribution >= 0.6 is 23.1 Å². The zero-order valence-corrected chi connectivity index (χ0v) is 77.7. The highest BCUT2D eigenvalue weighted by Gasteiger charge is 2.46. The molecule has 16 amide bonds. The number of thioether (sulfide) groups is 1. The maximum absolute atomic E-state index is 15.4. The number of rotatable bonds is 26. The molecule has 0 aliphatic carbocycles. The molecule has 9 rings (SSSR count). The number of nitrogens with one attached hydrogen (secondary N) is 14. The van der Waals surface area contributed by atoms with E-state index in [-0.39, 0.29) is 115 Å². The Morgan fingerprint density at radius 1 is 0.582 bits per heavy atom. The second-order valence-electron chi connectivity index (χ2n) is 34.1. The van der Waals surface area contributed by atoms with Gasteiger partial charge in [0, 0.05) is 98.9 Å². The van der Waals surface area contributed by atoms with E-state index in [2.05, 4.69) is 73.4 Å². The Bertz CT molecular complexity index is 5170. The van der Waals surface area contributed by atoms with Gasteiger partial charge < -0.3 is 120 Å². The van der Waals surface area contributed by atoms with Crippen LogP contribution in [0.2, 0.25) is 0 Å². The van der Waals surface area contributed by atoms with E-state index in [4.69, 9.17) is 27.3 Å². The van der Waals surface area contributed by atoms with Crippen molar-refractivity contribution in [3.63, 3.8) is 0 Å². The van der Waals surface area contributed by atoms with Crippen LogP contribution in [0.25, 0.3) is 21.0 Å². The van der Waals surface area contributed by atoms with Gasteiger partial charge in [-0.1, -0.05) is 102 Å². The van der Waals surface area contributed by atoms with Crippen LogP contribution < -0.4 is 75.7 Å². The Hall–Kier alpha value is -13.3.